The SMILES string of the molecule is O=C(c1ccc(Cl)cc1)N1CCC2(CCc3ccccc3O2)CC1. The summed E-state index contributed by atoms with van der Waals surface area (Å²) in [5.74, 6) is 1.10. The van der Waals surface area contributed by atoms with Crippen LogP contribution in [0.2, 0.25) is 5.02 Å². The topological polar surface area (TPSA) is 29.5 Å². The van der Waals surface area contributed by atoms with Crippen LogP contribution < -0.4 is 4.74 Å². The average molecular weight is 342 g/mol. The van der Waals surface area contributed by atoms with Crippen molar-refractivity contribution in [3.05, 3.63) is 64.7 Å². The van der Waals surface area contributed by atoms with Gasteiger partial charge in [0.2, 0.25) is 0 Å². The van der Waals surface area contributed by atoms with Gasteiger partial charge in [0.15, 0.2) is 0 Å². The highest BCUT2D eigenvalue weighted by Gasteiger charge is 2.40. The fourth-order valence-corrected chi connectivity index (χ4v) is 3.83. The van der Waals surface area contributed by atoms with Crippen molar-refractivity contribution in [2.75, 3.05) is 13.1 Å². The van der Waals surface area contributed by atoms with Crippen LogP contribution in [-0.4, -0.2) is 29.5 Å². The van der Waals surface area contributed by atoms with Crippen molar-refractivity contribution in [3.63, 3.8) is 0 Å². The lowest BCUT2D eigenvalue weighted by molar-refractivity contribution is -0.0106. The number of likely N-dealkylation sites (tertiary alicyclic amines) is 1. The molecule has 2 aliphatic rings. The number of hydrogen-bond acceptors (Lipinski definition) is 2. The Kier molecular flexibility index (Phi) is 3.97. The molecule has 0 radical (unpaired) electrons. The molecule has 24 heavy (non-hydrogen) atoms. The number of aryl methyl sites for hydroxylation is 1. The molecule has 2 aliphatic heterocycles. The Bertz CT molecular complexity index is 748. The maximum absolute atomic E-state index is 12.6. The van der Waals surface area contributed by atoms with Gasteiger partial charge in [-0.05, 0) is 48.7 Å². The van der Waals surface area contributed by atoms with E-state index in [9.17, 15) is 4.79 Å². The van der Waals surface area contributed by atoms with Crippen molar-refractivity contribution in [2.45, 2.75) is 31.3 Å². The molecule has 0 bridgehead atoms. The lowest BCUT2D eigenvalue weighted by atomic mass is 9.83. The van der Waals surface area contributed by atoms with Crippen molar-refractivity contribution in [2.24, 2.45) is 0 Å². The van der Waals surface area contributed by atoms with Crippen molar-refractivity contribution < 1.29 is 9.53 Å². The van der Waals surface area contributed by atoms with Gasteiger partial charge in [-0.3, -0.25) is 4.79 Å². The van der Waals surface area contributed by atoms with E-state index in [1.54, 1.807) is 24.3 Å². The smallest absolute Gasteiger partial charge is 0.253 e. The number of ether oxygens (including phenoxy) is 1. The Morgan fingerprint density at radius 1 is 1.00 bits per heavy atom. The minimum Gasteiger partial charge on any atom is -0.487 e. The molecule has 2 aromatic rings. The molecule has 0 aliphatic carbocycles. The molecular weight excluding hydrogens is 322 g/mol. The second kappa shape index (κ2) is 6.14. The number of amides is 1. The average Bonchev–Trinajstić information content (AvgIpc) is 2.62. The fraction of sp³-hybridized carbons (Fsp3) is 0.350. The zero-order valence-corrected chi connectivity index (χ0v) is 14.3. The number of carbonyl (C=O) groups excluding carboxylic acids is 1. The van der Waals surface area contributed by atoms with E-state index in [0.717, 1.165) is 44.5 Å². The third kappa shape index (κ3) is 2.89. The number of hydrogen-bond donors (Lipinski definition) is 0. The maximum atomic E-state index is 12.6. The number of para-hydroxylation sites is 1. The lowest BCUT2D eigenvalue weighted by Gasteiger charge is -2.44. The molecule has 0 unspecified atom stereocenters. The Morgan fingerprint density at radius 3 is 2.46 bits per heavy atom. The van der Waals surface area contributed by atoms with Gasteiger partial charge >= 0.3 is 0 Å². The van der Waals surface area contributed by atoms with Crippen LogP contribution >= 0.6 is 11.6 Å². The molecule has 4 heteroatoms. The Hall–Kier alpha value is -2.00. The van der Waals surface area contributed by atoms with Crippen LogP contribution in [0.5, 0.6) is 5.75 Å². The van der Waals surface area contributed by atoms with Gasteiger partial charge < -0.3 is 9.64 Å². The molecule has 1 amide bonds. The number of nitrogens with zero attached hydrogens (tertiary/aromatic N) is 1. The molecule has 4 rings (SSSR count). The monoisotopic (exact) mass is 341 g/mol. The molecule has 1 fully saturated rings. The zero-order valence-electron chi connectivity index (χ0n) is 13.5. The number of fused-ring (bicyclic) bond motifs is 1. The van der Waals surface area contributed by atoms with Crippen molar-refractivity contribution >= 4 is 17.5 Å². The van der Waals surface area contributed by atoms with Crippen LogP contribution in [-0.2, 0) is 6.42 Å². The first-order chi connectivity index (χ1) is 11.7. The highest BCUT2D eigenvalue weighted by molar-refractivity contribution is 6.30. The van der Waals surface area contributed by atoms with Crippen molar-refractivity contribution in [1.29, 1.82) is 0 Å². The van der Waals surface area contributed by atoms with Gasteiger partial charge in [-0.1, -0.05) is 29.8 Å². The zero-order chi connectivity index (χ0) is 16.6. The maximum Gasteiger partial charge on any atom is 0.253 e. The first-order valence-corrected chi connectivity index (χ1v) is 8.85. The van der Waals surface area contributed by atoms with E-state index in [1.807, 2.05) is 11.0 Å². The van der Waals surface area contributed by atoms with Gasteiger partial charge in [-0.2, -0.15) is 0 Å². The molecule has 2 aromatic carbocycles. The summed E-state index contributed by atoms with van der Waals surface area (Å²) in [7, 11) is 0. The van der Waals surface area contributed by atoms with Crippen LogP contribution in [0.15, 0.2) is 48.5 Å². The quantitative estimate of drug-likeness (QED) is 0.772. The third-order valence-corrected chi connectivity index (χ3v) is 5.45. The summed E-state index contributed by atoms with van der Waals surface area (Å²) < 4.78 is 6.35. The van der Waals surface area contributed by atoms with E-state index < -0.39 is 0 Å². The van der Waals surface area contributed by atoms with Crippen LogP contribution in [0, 0.1) is 0 Å². The van der Waals surface area contributed by atoms with Gasteiger partial charge in [0.25, 0.3) is 5.91 Å². The summed E-state index contributed by atoms with van der Waals surface area (Å²) in [4.78, 5) is 14.6. The first-order valence-electron chi connectivity index (χ1n) is 8.47. The molecule has 2 heterocycles. The van der Waals surface area contributed by atoms with E-state index in [2.05, 4.69) is 18.2 Å². The van der Waals surface area contributed by atoms with Crippen LogP contribution in [0.1, 0.15) is 35.2 Å². The Morgan fingerprint density at radius 2 is 1.71 bits per heavy atom. The van der Waals surface area contributed by atoms with Gasteiger partial charge in [0.1, 0.15) is 11.4 Å². The van der Waals surface area contributed by atoms with Gasteiger partial charge in [0.05, 0.1) is 0 Å². The normalized spacial score (nSPS) is 18.8. The molecule has 0 aromatic heterocycles. The summed E-state index contributed by atoms with van der Waals surface area (Å²) in [5, 5.41) is 0.651. The summed E-state index contributed by atoms with van der Waals surface area (Å²) >= 11 is 5.90. The molecule has 0 atom stereocenters. The Balaban J connectivity index is 1.44. The number of halogens is 1. The predicted octanol–water partition coefficient (Wildman–Crippen LogP) is 4.34. The van der Waals surface area contributed by atoms with Crippen LogP contribution in [0.25, 0.3) is 0 Å². The number of carbonyl (C=O) groups is 1. The molecular formula is C20H20ClNO2. The van der Waals surface area contributed by atoms with Crippen molar-refractivity contribution in [1.82, 2.24) is 4.90 Å². The van der Waals surface area contributed by atoms with Gasteiger partial charge in [-0.15, -0.1) is 0 Å². The third-order valence-electron chi connectivity index (χ3n) is 5.20. The molecule has 0 N–H and O–H groups in total. The fourth-order valence-electron chi connectivity index (χ4n) is 3.70. The summed E-state index contributed by atoms with van der Waals surface area (Å²) in [5.41, 5.74) is 1.89. The molecule has 0 saturated carbocycles. The molecule has 124 valence electrons. The summed E-state index contributed by atoms with van der Waals surface area (Å²) in [6, 6.07) is 15.4. The minimum absolute atomic E-state index is 0.0812. The highest BCUT2D eigenvalue weighted by Crippen LogP contribution is 2.39. The van der Waals surface area contributed by atoms with Crippen LogP contribution in [0.3, 0.4) is 0 Å². The predicted molar refractivity (Wildman–Crippen MR) is 94.7 cm³/mol. The summed E-state index contributed by atoms with van der Waals surface area (Å²) in [6.45, 7) is 1.48. The number of piperidine rings is 1. The van der Waals surface area contributed by atoms with E-state index in [4.69, 9.17) is 16.3 Å². The second-order valence-electron chi connectivity index (χ2n) is 6.69. The van der Waals surface area contributed by atoms with E-state index >= 15 is 0 Å². The number of rotatable bonds is 1. The molecule has 1 spiro atoms. The van der Waals surface area contributed by atoms with E-state index in [0.29, 0.717) is 10.6 Å². The lowest BCUT2D eigenvalue weighted by Crippen LogP contribution is -2.51. The highest BCUT2D eigenvalue weighted by atomic mass is 35.5. The van der Waals surface area contributed by atoms with Gasteiger partial charge in [0, 0.05) is 36.5 Å². The van der Waals surface area contributed by atoms with Gasteiger partial charge in [-0.25, -0.2) is 0 Å². The molecule has 3 nitrogen and oxygen atoms in total. The molecule has 1 saturated heterocycles. The van der Waals surface area contributed by atoms with E-state index in [1.165, 1.54) is 5.56 Å². The number of benzene rings is 2. The van der Waals surface area contributed by atoms with Crippen LogP contribution in [0.4, 0.5) is 0 Å². The standard InChI is InChI=1S/C20H20ClNO2/c21-17-7-5-16(6-8-17)19(23)22-13-11-20(12-14-22)10-9-15-3-1-2-4-18(15)24-20/h1-8H,9-14H2. The largest absolute Gasteiger partial charge is 0.487 e. The van der Waals surface area contributed by atoms with E-state index in [-0.39, 0.29) is 11.5 Å². The van der Waals surface area contributed by atoms with Crippen molar-refractivity contribution in [3.8, 4) is 5.75 Å². The summed E-state index contributed by atoms with van der Waals surface area (Å²) in [6.07, 6.45) is 3.87. The Labute approximate surface area is 147 Å². The minimum atomic E-state index is -0.106. The second-order valence-corrected chi connectivity index (χ2v) is 7.13. The first kappa shape index (κ1) is 15.5.